The molecule has 1 heterocycles. The van der Waals surface area contributed by atoms with Gasteiger partial charge in [-0.25, -0.2) is 0 Å². The van der Waals surface area contributed by atoms with E-state index >= 15 is 0 Å². The summed E-state index contributed by atoms with van der Waals surface area (Å²) in [5.41, 5.74) is 1.15. The number of nitrogens with one attached hydrogen (secondary N) is 1. The molecule has 34 heavy (non-hydrogen) atoms. The van der Waals surface area contributed by atoms with Crippen molar-refractivity contribution >= 4 is 57.2 Å². The Labute approximate surface area is 206 Å². The molecule has 5 rings (SSSR count). The minimum atomic E-state index is -0.490. The molecule has 0 radical (unpaired) electrons. The normalized spacial score (nSPS) is 15.5. The maximum Gasteiger partial charge on any atom is 0.229 e. The largest absolute Gasteiger partial charge is 0.457 e. The number of benzene rings is 4. The van der Waals surface area contributed by atoms with Crippen LogP contribution in [0.15, 0.2) is 84.9 Å². The summed E-state index contributed by atoms with van der Waals surface area (Å²) in [6.07, 6.45) is 0.109. The molecule has 1 N–H and O–H groups in total. The third kappa shape index (κ3) is 4.58. The van der Waals surface area contributed by atoms with Crippen LogP contribution in [0.5, 0.6) is 11.5 Å². The van der Waals surface area contributed by atoms with E-state index in [2.05, 4.69) is 11.4 Å². The molecule has 7 heteroatoms. The quantitative estimate of drug-likeness (QED) is 0.329. The fraction of sp³-hybridized carbons (Fsp3) is 0.111. The van der Waals surface area contributed by atoms with Gasteiger partial charge in [0.2, 0.25) is 11.8 Å². The number of hydrogen-bond donors (Lipinski definition) is 1. The number of rotatable bonds is 5. The molecule has 0 aliphatic carbocycles. The molecule has 4 aromatic carbocycles. The van der Waals surface area contributed by atoms with E-state index in [1.165, 1.54) is 4.90 Å². The van der Waals surface area contributed by atoms with Gasteiger partial charge in [0.15, 0.2) is 0 Å². The highest BCUT2D eigenvalue weighted by atomic mass is 35.5. The van der Waals surface area contributed by atoms with E-state index < -0.39 is 5.92 Å². The molecule has 2 amide bonds. The minimum absolute atomic E-state index is 0.109. The van der Waals surface area contributed by atoms with E-state index in [4.69, 9.17) is 27.9 Å². The van der Waals surface area contributed by atoms with Crippen LogP contribution in [-0.4, -0.2) is 18.4 Å². The molecule has 0 saturated carbocycles. The van der Waals surface area contributed by atoms with Crippen molar-refractivity contribution in [2.45, 2.75) is 6.42 Å². The van der Waals surface area contributed by atoms with Gasteiger partial charge in [-0.05, 0) is 59.3 Å². The van der Waals surface area contributed by atoms with Crippen LogP contribution in [0.2, 0.25) is 10.0 Å². The molecule has 170 valence electrons. The average molecular weight is 491 g/mol. The number of amides is 2. The molecule has 0 spiro atoms. The van der Waals surface area contributed by atoms with Gasteiger partial charge in [0.25, 0.3) is 0 Å². The Morgan fingerprint density at radius 1 is 0.882 bits per heavy atom. The molecule has 0 unspecified atom stereocenters. The summed E-state index contributed by atoms with van der Waals surface area (Å²) in [6, 6.07) is 26.3. The van der Waals surface area contributed by atoms with Gasteiger partial charge >= 0.3 is 0 Å². The van der Waals surface area contributed by atoms with Crippen molar-refractivity contribution in [2.24, 2.45) is 5.92 Å². The van der Waals surface area contributed by atoms with Crippen molar-refractivity contribution in [2.75, 3.05) is 16.8 Å². The van der Waals surface area contributed by atoms with Gasteiger partial charge in [-0.1, -0.05) is 59.6 Å². The second-order valence-electron chi connectivity index (χ2n) is 8.10. The first kappa shape index (κ1) is 22.3. The zero-order valence-corrected chi connectivity index (χ0v) is 19.5. The van der Waals surface area contributed by atoms with Crippen LogP contribution < -0.4 is 15.0 Å². The van der Waals surface area contributed by atoms with Gasteiger partial charge in [0.05, 0.1) is 21.7 Å². The fourth-order valence-electron chi connectivity index (χ4n) is 4.03. The molecule has 5 nitrogen and oxygen atoms in total. The van der Waals surface area contributed by atoms with Crippen molar-refractivity contribution in [3.05, 3.63) is 95.0 Å². The predicted molar refractivity (Wildman–Crippen MR) is 136 cm³/mol. The van der Waals surface area contributed by atoms with Crippen LogP contribution in [-0.2, 0) is 9.59 Å². The Bertz CT molecular complexity index is 1390. The predicted octanol–water partition coefficient (Wildman–Crippen LogP) is 6.93. The number of halogens is 2. The lowest BCUT2D eigenvalue weighted by Crippen LogP contribution is -2.28. The van der Waals surface area contributed by atoms with Crippen LogP contribution in [0.3, 0.4) is 0 Å². The first-order valence-corrected chi connectivity index (χ1v) is 11.6. The summed E-state index contributed by atoms with van der Waals surface area (Å²) in [5.74, 6) is 0.516. The molecule has 4 aromatic rings. The lowest BCUT2D eigenvalue weighted by atomic mass is 10.1. The smallest absolute Gasteiger partial charge is 0.229 e. The first-order valence-electron chi connectivity index (χ1n) is 10.8. The maximum atomic E-state index is 12.8. The molecule has 1 aliphatic rings. The van der Waals surface area contributed by atoms with Gasteiger partial charge in [0, 0.05) is 18.7 Å². The number of anilines is 2. The van der Waals surface area contributed by atoms with Crippen molar-refractivity contribution in [1.29, 1.82) is 0 Å². The van der Waals surface area contributed by atoms with E-state index in [-0.39, 0.29) is 24.8 Å². The van der Waals surface area contributed by atoms with Crippen molar-refractivity contribution < 1.29 is 14.3 Å². The van der Waals surface area contributed by atoms with E-state index in [9.17, 15) is 9.59 Å². The maximum absolute atomic E-state index is 12.8. The Morgan fingerprint density at radius 2 is 1.62 bits per heavy atom. The van der Waals surface area contributed by atoms with Crippen LogP contribution >= 0.6 is 23.2 Å². The summed E-state index contributed by atoms with van der Waals surface area (Å²) in [5, 5.41) is 5.81. The van der Waals surface area contributed by atoms with Crippen LogP contribution in [0, 0.1) is 5.92 Å². The van der Waals surface area contributed by atoms with Crippen molar-refractivity contribution in [3.63, 3.8) is 0 Å². The Hall–Kier alpha value is -3.54. The Kier molecular flexibility index (Phi) is 6.14. The summed E-state index contributed by atoms with van der Waals surface area (Å²) in [6.45, 7) is 0.244. The highest BCUT2D eigenvalue weighted by Crippen LogP contribution is 2.36. The monoisotopic (exact) mass is 490 g/mol. The third-order valence-electron chi connectivity index (χ3n) is 5.80. The molecule has 1 aliphatic heterocycles. The zero-order chi connectivity index (χ0) is 23.7. The topological polar surface area (TPSA) is 58.6 Å². The number of carbonyl (C=O) groups is 2. The molecule has 0 aromatic heterocycles. The van der Waals surface area contributed by atoms with Gasteiger partial charge in [-0.15, -0.1) is 0 Å². The second kappa shape index (κ2) is 9.37. The molecule has 1 fully saturated rings. The van der Waals surface area contributed by atoms with Crippen LogP contribution in [0.25, 0.3) is 10.8 Å². The number of carbonyl (C=O) groups excluding carboxylic acids is 2. The third-order valence-corrected chi connectivity index (χ3v) is 6.61. The number of fused-ring (bicyclic) bond motifs is 1. The van der Waals surface area contributed by atoms with Crippen molar-refractivity contribution in [3.8, 4) is 11.5 Å². The average Bonchev–Trinajstić information content (AvgIpc) is 3.23. The fourth-order valence-corrected chi connectivity index (χ4v) is 4.43. The van der Waals surface area contributed by atoms with Crippen LogP contribution in [0.4, 0.5) is 11.4 Å². The summed E-state index contributed by atoms with van der Waals surface area (Å²) < 4.78 is 5.96. The minimum Gasteiger partial charge on any atom is -0.457 e. The lowest BCUT2D eigenvalue weighted by Gasteiger charge is -2.18. The van der Waals surface area contributed by atoms with Gasteiger partial charge in [-0.2, -0.15) is 0 Å². The van der Waals surface area contributed by atoms with Crippen LogP contribution in [0.1, 0.15) is 6.42 Å². The van der Waals surface area contributed by atoms with Gasteiger partial charge in [-0.3, -0.25) is 9.59 Å². The molecule has 0 bridgehead atoms. The number of ether oxygens (including phenoxy) is 1. The van der Waals surface area contributed by atoms with Crippen molar-refractivity contribution in [1.82, 2.24) is 0 Å². The van der Waals surface area contributed by atoms with Gasteiger partial charge in [0.1, 0.15) is 11.5 Å². The standard InChI is InChI=1S/C27H20Cl2N2O3/c28-23-6-3-7-24(26(23)29)31-16-19(15-25(31)32)27(33)30-20-9-12-21(13-10-20)34-22-11-8-17-4-1-2-5-18(17)14-22/h1-14,19H,15-16H2,(H,30,33)/t19-/m0/s1. The molecule has 1 saturated heterocycles. The Balaban J connectivity index is 1.23. The second-order valence-corrected chi connectivity index (χ2v) is 8.89. The van der Waals surface area contributed by atoms with E-state index in [0.29, 0.717) is 27.2 Å². The van der Waals surface area contributed by atoms with E-state index in [1.54, 1.807) is 42.5 Å². The molecular formula is C27H20Cl2N2O3. The summed E-state index contributed by atoms with van der Waals surface area (Å²) in [7, 11) is 0. The summed E-state index contributed by atoms with van der Waals surface area (Å²) in [4.78, 5) is 26.9. The summed E-state index contributed by atoms with van der Waals surface area (Å²) >= 11 is 12.3. The highest BCUT2D eigenvalue weighted by molar-refractivity contribution is 6.44. The Morgan fingerprint density at radius 3 is 2.41 bits per heavy atom. The first-order chi connectivity index (χ1) is 16.5. The molecular weight excluding hydrogens is 471 g/mol. The zero-order valence-electron chi connectivity index (χ0n) is 18.0. The van der Waals surface area contributed by atoms with E-state index in [0.717, 1.165) is 16.5 Å². The number of hydrogen-bond acceptors (Lipinski definition) is 3. The SMILES string of the molecule is O=C(Nc1ccc(Oc2ccc3ccccc3c2)cc1)[C@H]1CC(=O)N(c2cccc(Cl)c2Cl)C1. The molecule has 1 atom stereocenters. The van der Waals surface area contributed by atoms with E-state index in [1.807, 2.05) is 36.4 Å². The number of nitrogens with zero attached hydrogens (tertiary/aromatic N) is 1. The van der Waals surface area contributed by atoms with Gasteiger partial charge < -0.3 is 15.0 Å². The highest BCUT2D eigenvalue weighted by Gasteiger charge is 2.36. The lowest BCUT2D eigenvalue weighted by molar-refractivity contribution is -0.122.